The first-order valence-electron chi connectivity index (χ1n) is 10.5. The number of amides is 1. The molecule has 1 unspecified atom stereocenters. The molecule has 4 aromatic rings. The molecule has 5 rings (SSSR count). The molecule has 1 atom stereocenters. The van der Waals surface area contributed by atoms with E-state index in [1.165, 1.54) is 21.7 Å². The third-order valence-corrected chi connectivity index (χ3v) is 5.50. The van der Waals surface area contributed by atoms with Gasteiger partial charge in [0.25, 0.3) is 5.91 Å². The molecule has 4 heterocycles. The standard InChI is InChI=1S/C23H22FN7O2/c1-13-12-30(2)23(32)17-11-28-31-19(25)18(14-6-4-3-5-7-14)20(29-21(17)31)26-9-15-8-16(24)10-27-22(15)33-13/h3-8,10-11,13H,9,12,25H2,1-2H3,(H,26,29). The van der Waals surface area contributed by atoms with Crippen molar-refractivity contribution in [1.29, 1.82) is 0 Å². The number of nitrogens with zero attached hydrogens (tertiary/aromatic N) is 5. The van der Waals surface area contributed by atoms with Gasteiger partial charge in [0.15, 0.2) is 5.65 Å². The van der Waals surface area contributed by atoms with Crippen LogP contribution in [0.25, 0.3) is 16.8 Å². The highest BCUT2D eigenvalue weighted by molar-refractivity contribution is 6.01. The van der Waals surface area contributed by atoms with E-state index in [9.17, 15) is 9.18 Å². The fourth-order valence-corrected chi connectivity index (χ4v) is 3.97. The summed E-state index contributed by atoms with van der Waals surface area (Å²) in [7, 11) is 1.67. The van der Waals surface area contributed by atoms with Crippen LogP contribution in [0.5, 0.6) is 5.88 Å². The number of hydrogen-bond donors (Lipinski definition) is 2. The SMILES string of the molecule is CC1CN(C)C(=O)c2cnn3c(N)c(-c4ccccc4)c(nc23)NCc2cc(F)cnc2O1. The van der Waals surface area contributed by atoms with Crippen molar-refractivity contribution in [1.82, 2.24) is 24.5 Å². The van der Waals surface area contributed by atoms with Gasteiger partial charge in [-0.05, 0) is 18.6 Å². The number of carbonyl (C=O) groups is 1. The number of likely N-dealkylation sites (N-methyl/N-ethyl adjacent to an activating group) is 1. The molecule has 1 aromatic carbocycles. The van der Waals surface area contributed by atoms with Crippen LogP contribution in [0.3, 0.4) is 0 Å². The molecule has 10 heteroatoms. The van der Waals surface area contributed by atoms with Gasteiger partial charge in [-0.15, -0.1) is 0 Å². The number of nitrogen functional groups attached to an aromatic ring is 1. The van der Waals surface area contributed by atoms with E-state index in [4.69, 9.17) is 15.5 Å². The highest BCUT2D eigenvalue weighted by atomic mass is 19.1. The Morgan fingerprint density at radius 1 is 1.24 bits per heavy atom. The van der Waals surface area contributed by atoms with Crippen LogP contribution in [0.15, 0.2) is 48.8 Å². The molecule has 2 bridgehead atoms. The summed E-state index contributed by atoms with van der Waals surface area (Å²) in [5.41, 5.74) is 9.13. The summed E-state index contributed by atoms with van der Waals surface area (Å²) < 4.78 is 21.4. The number of hydrogen-bond acceptors (Lipinski definition) is 7. The minimum Gasteiger partial charge on any atom is -0.473 e. The molecular formula is C23H22FN7O2. The highest BCUT2D eigenvalue weighted by Crippen LogP contribution is 2.34. The van der Waals surface area contributed by atoms with Crippen LogP contribution in [0.4, 0.5) is 16.0 Å². The first kappa shape index (κ1) is 20.7. The number of nitrogens with two attached hydrogens (primary N) is 1. The molecule has 0 radical (unpaired) electrons. The van der Waals surface area contributed by atoms with Crippen LogP contribution in [0.1, 0.15) is 22.8 Å². The Morgan fingerprint density at radius 3 is 2.82 bits per heavy atom. The van der Waals surface area contributed by atoms with E-state index in [1.54, 1.807) is 7.05 Å². The maximum Gasteiger partial charge on any atom is 0.259 e. The van der Waals surface area contributed by atoms with Gasteiger partial charge in [0.2, 0.25) is 5.88 Å². The Labute approximate surface area is 189 Å². The molecule has 3 aromatic heterocycles. The van der Waals surface area contributed by atoms with Crippen molar-refractivity contribution in [3.05, 3.63) is 65.7 Å². The number of nitrogens with one attached hydrogen (secondary N) is 1. The second-order valence-electron chi connectivity index (χ2n) is 7.97. The maximum atomic E-state index is 14.0. The largest absolute Gasteiger partial charge is 0.473 e. The Balaban J connectivity index is 1.73. The number of ether oxygens (including phenoxy) is 1. The summed E-state index contributed by atoms with van der Waals surface area (Å²) in [5.74, 6) is 0.304. The van der Waals surface area contributed by atoms with Gasteiger partial charge in [-0.3, -0.25) is 4.79 Å². The number of rotatable bonds is 1. The number of carbonyl (C=O) groups excluding carboxylic acids is 1. The van der Waals surface area contributed by atoms with Crippen molar-refractivity contribution in [2.24, 2.45) is 0 Å². The van der Waals surface area contributed by atoms with E-state index >= 15 is 0 Å². The lowest BCUT2D eigenvalue weighted by Gasteiger charge is -2.22. The number of aromatic nitrogens is 4. The first-order valence-corrected chi connectivity index (χ1v) is 10.5. The van der Waals surface area contributed by atoms with Crippen LogP contribution in [-0.4, -0.2) is 50.1 Å². The average molecular weight is 447 g/mol. The van der Waals surface area contributed by atoms with Crippen molar-refractivity contribution in [3.63, 3.8) is 0 Å². The molecule has 9 nitrogen and oxygen atoms in total. The lowest BCUT2D eigenvalue weighted by molar-refractivity contribution is 0.0724. The lowest BCUT2D eigenvalue weighted by Crippen LogP contribution is -2.35. The van der Waals surface area contributed by atoms with E-state index in [0.717, 1.165) is 11.8 Å². The third kappa shape index (κ3) is 3.69. The first-order chi connectivity index (χ1) is 15.9. The normalized spacial score (nSPS) is 16.4. The molecule has 0 saturated heterocycles. The lowest BCUT2D eigenvalue weighted by atomic mass is 10.1. The molecule has 33 heavy (non-hydrogen) atoms. The molecular weight excluding hydrogens is 425 g/mol. The van der Waals surface area contributed by atoms with E-state index in [2.05, 4.69) is 15.4 Å². The molecule has 1 aliphatic rings. The summed E-state index contributed by atoms with van der Waals surface area (Å²) >= 11 is 0. The number of fused-ring (bicyclic) bond motifs is 2. The predicted octanol–water partition coefficient (Wildman–Crippen LogP) is 2.98. The average Bonchev–Trinajstić information content (AvgIpc) is 3.23. The maximum absolute atomic E-state index is 14.0. The number of pyridine rings is 1. The Morgan fingerprint density at radius 2 is 2.03 bits per heavy atom. The quantitative estimate of drug-likeness (QED) is 0.461. The van der Waals surface area contributed by atoms with Gasteiger partial charge in [0, 0.05) is 19.2 Å². The zero-order chi connectivity index (χ0) is 23.1. The topological polar surface area (TPSA) is 111 Å². The van der Waals surface area contributed by atoms with Gasteiger partial charge in [0.05, 0.1) is 24.5 Å². The van der Waals surface area contributed by atoms with Crippen molar-refractivity contribution in [3.8, 4) is 17.0 Å². The van der Waals surface area contributed by atoms with Gasteiger partial charge >= 0.3 is 0 Å². The van der Waals surface area contributed by atoms with E-state index in [0.29, 0.717) is 34.0 Å². The van der Waals surface area contributed by atoms with Gasteiger partial charge < -0.3 is 20.7 Å². The van der Waals surface area contributed by atoms with Gasteiger partial charge in [-0.25, -0.2) is 14.4 Å². The third-order valence-electron chi connectivity index (χ3n) is 5.50. The smallest absolute Gasteiger partial charge is 0.259 e. The number of halogens is 1. The van der Waals surface area contributed by atoms with E-state index < -0.39 is 5.82 Å². The van der Waals surface area contributed by atoms with Crippen LogP contribution in [0.2, 0.25) is 0 Å². The van der Waals surface area contributed by atoms with E-state index in [-0.39, 0.29) is 31.0 Å². The highest BCUT2D eigenvalue weighted by Gasteiger charge is 2.25. The van der Waals surface area contributed by atoms with Crippen LogP contribution < -0.4 is 15.8 Å². The van der Waals surface area contributed by atoms with Crippen molar-refractivity contribution in [2.75, 3.05) is 24.6 Å². The molecule has 3 N–H and O–H groups in total. The second kappa shape index (κ2) is 8.05. The van der Waals surface area contributed by atoms with E-state index in [1.807, 2.05) is 37.3 Å². The summed E-state index contributed by atoms with van der Waals surface area (Å²) in [6, 6.07) is 10.9. The Hall–Kier alpha value is -4.21. The zero-order valence-electron chi connectivity index (χ0n) is 18.1. The van der Waals surface area contributed by atoms with Gasteiger partial charge in [0.1, 0.15) is 29.1 Å². The Kier molecular flexibility index (Phi) is 5.04. The summed E-state index contributed by atoms with van der Waals surface area (Å²) in [5, 5.41) is 7.58. The molecule has 0 saturated carbocycles. The molecule has 168 valence electrons. The molecule has 0 fully saturated rings. The minimum atomic E-state index is -0.479. The summed E-state index contributed by atoms with van der Waals surface area (Å²) in [4.78, 5) is 23.5. The summed E-state index contributed by atoms with van der Waals surface area (Å²) in [6.07, 6.45) is 2.19. The molecule has 1 amide bonds. The van der Waals surface area contributed by atoms with Crippen molar-refractivity contribution in [2.45, 2.75) is 19.6 Å². The zero-order valence-corrected chi connectivity index (χ0v) is 18.1. The van der Waals surface area contributed by atoms with Gasteiger partial charge in [-0.1, -0.05) is 30.3 Å². The molecule has 1 aliphatic heterocycles. The fourth-order valence-electron chi connectivity index (χ4n) is 3.97. The second-order valence-corrected chi connectivity index (χ2v) is 7.97. The number of anilines is 2. The Bertz CT molecular complexity index is 1360. The van der Waals surface area contributed by atoms with Crippen LogP contribution in [-0.2, 0) is 6.54 Å². The van der Waals surface area contributed by atoms with Crippen LogP contribution >= 0.6 is 0 Å². The molecule has 0 aliphatic carbocycles. The number of benzene rings is 1. The summed E-state index contributed by atoms with van der Waals surface area (Å²) in [6.45, 7) is 2.29. The van der Waals surface area contributed by atoms with Crippen LogP contribution in [0, 0.1) is 5.82 Å². The predicted molar refractivity (Wildman–Crippen MR) is 121 cm³/mol. The fraction of sp³-hybridized carbons (Fsp3) is 0.217. The van der Waals surface area contributed by atoms with Crippen molar-refractivity contribution < 1.29 is 13.9 Å². The minimum absolute atomic E-state index is 0.183. The molecule has 0 spiro atoms. The van der Waals surface area contributed by atoms with Gasteiger partial charge in [-0.2, -0.15) is 9.61 Å². The van der Waals surface area contributed by atoms with Crippen molar-refractivity contribution >= 4 is 23.2 Å². The monoisotopic (exact) mass is 447 g/mol.